The van der Waals surface area contributed by atoms with Crippen molar-refractivity contribution in [1.29, 1.82) is 0 Å². The number of pyridine rings is 1. The summed E-state index contributed by atoms with van der Waals surface area (Å²) in [6.45, 7) is 3.00. The maximum Gasteiger partial charge on any atom is 0.172 e. The third kappa shape index (κ3) is 2.00. The molecule has 5 nitrogen and oxygen atoms in total. The Balaban J connectivity index is 2.53. The molecule has 2 aromatic heterocycles. The third-order valence-electron chi connectivity index (χ3n) is 2.70. The van der Waals surface area contributed by atoms with Gasteiger partial charge < -0.3 is 16.0 Å². The highest BCUT2D eigenvalue weighted by atomic mass is 15.3. The largest absolute Gasteiger partial charge is 0.394 e. The Morgan fingerprint density at radius 1 is 1.47 bits per heavy atom. The lowest BCUT2D eigenvalue weighted by Crippen LogP contribution is -2.10. The molecule has 0 atom stereocenters. The average molecular weight is 233 g/mol. The van der Waals surface area contributed by atoms with Crippen LogP contribution in [0.25, 0.3) is 5.52 Å². The van der Waals surface area contributed by atoms with Crippen molar-refractivity contribution in [2.75, 3.05) is 36.6 Å². The van der Waals surface area contributed by atoms with E-state index in [4.69, 9.17) is 5.73 Å². The van der Waals surface area contributed by atoms with Crippen molar-refractivity contribution in [3.63, 3.8) is 0 Å². The number of nitrogens with zero attached hydrogens (tertiary/aromatic N) is 3. The highest BCUT2D eigenvalue weighted by Crippen LogP contribution is 2.30. The molecule has 0 saturated carbocycles. The van der Waals surface area contributed by atoms with Gasteiger partial charge in [0.2, 0.25) is 0 Å². The van der Waals surface area contributed by atoms with Crippen LogP contribution in [0.4, 0.5) is 17.2 Å². The molecule has 17 heavy (non-hydrogen) atoms. The maximum absolute atomic E-state index is 6.15. The second-order valence-corrected chi connectivity index (χ2v) is 4.27. The first-order valence-corrected chi connectivity index (χ1v) is 5.83. The summed E-state index contributed by atoms with van der Waals surface area (Å²) in [5.41, 5.74) is 8.88. The zero-order chi connectivity index (χ0) is 12.4. The number of rotatable bonds is 4. The van der Waals surface area contributed by atoms with E-state index in [1.165, 1.54) is 0 Å². The van der Waals surface area contributed by atoms with Crippen LogP contribution in [0.1, 0.15) is 13.3 Å². The number of nitrogens with one attached hydrogen (secondary N) is 1. The highest BCUT2D eigenvalue weighted by Gasteiger charge is 2.13. The molecule has 0 spiro atoms. The number of anilines is 3. The molecule has 5 heteroatoms. The fraction of sp³-hybridized carbons (Fsp3) is 0.417. The van der Waals surface area contributed by atoms with Gasteiger partial charge in [-0.25, -0.2) is 4.52 Å². The summed E-state index contributed by atoms with van der Waals surface area (Å²) in [5.74, 6) is 0.765. The summed E-state index contributed by atoms with van der Waals surface area (Å²) in [6, 6.07) is 4.01. The molecular weight excluding hydrogens is 214 g/mol. The normalized spacial score (nSPS) is 10.8. The number of aromatic nitrogens is 2. The van der Waals surface area contributed by atoms with Crippen molar-refractivity contribution in [2.45, 2.75) is 13.3 Å². The van der Waals surface area contributed by atoms with Crippen LogP contribution in [-0.2, 0) is 0 Å². The van der Waals surface area contributed by atoms with Crippen LogP contribution in [0, 0.1) is 0 Å². The molecule has 0 unspecified atom stereocenters. The molecule has 0 saturated heterocycles. The van der Waals surface area contributed by atoms with Gasteiger partial charge in [0.15, 0.2) is 5.82 Å². The predicted molar refractivity (Wildman–Crippen MR) is 72.7 cm³/mol. The second kappa shape index (κ2) is 4.53. The average Bonchev–Trinajstić information content (AvgIpc) is 2.63. The standard InChI is InChI=1S/C12H19N5/c1-4-7-14-12-10(13)11-9(16(2)3)6-5-8-17(11)15-12/h5-6,8H,4,7,13H2,1-3H3,(H,14,15). The number of hydrogen-bond acceptors (Lipinski definition) is 4. The van der Waals surface area contributed by atoms with Crippen molar-refractivity contribution in [3.05, 3.63) is 18.3 Å². The molecular formula is C12H19N5. The molecule has 2 aromatic rings. The molecule has 2 rings (SSSR count). The van der Waals surface area contributed by atoms with Gasteiger partial charge >= 0.3 is 0 Å². The van der Waals surface area contributed by atoms with Crippen LogP contribution in [0.15, 0.2) is 18.3 Å². The van der Waals surface area contributed by atoms with Gasteiger partial charge in [-0.15, -0.1) is 5.10 Å². The summed E-state index contributed by atoms with van der Waals surface area (Å²) in [7, 11) is 4.00. The first kappa shape index (κ1) is 11.6. The van der Waals surface area contributed by atoms with Crippen molar-refractivity contribution >= 4 is 22.7 Å². The Bertz CT molecular complexity index is 515. The van der Waals surface area contributed by atoms with E-state index in [9.17, 15) is 0 Å². The van der Waals surface area contributed by atoms with E-state index in [0.717, 1.165) is 30.0 Å². The summed E-state index contributed by atoms with van der Waals surface area (Å²) < 4.78 is 1.82. The van der Waals surface area contributed by atoms with Crippen LogP contribution < -0.4 is 16.0 Å². The van der Waals surface area contributed by atoms with Gasteiger partial charge in [-0.1, -0.05) is 6.92 Å². The fourth-order valence-corrected chi connectivity index (χ4v) is 1.84. The molecule has 0 aromatic carbocycles. The van der Waals surface area contributed by atoms with Crippen molar-refractivity contribution in [2.24, 2.45) is 0 Å². The molecule has 2 heterocycles. The van der Waals surface area contributed by atoms with Crippen molar-refractivity contribution in [3.8, 4) is 0 Å². The minimum Gasteiger partial charge on any atom is -0.394 e. The number of hydrogen-bond donors (Lipinski definition) is 2. The summed E-state index contributed by atoms with van der Waals surface area (Å²) >= 11 is 0. The van der Waals surface area contributed by atoms with Crippen LogP contribution in [-0.4, -0.2) is 30.3 Å². The zero-order valence-corrected chi connectivity index (χ0v) is 10.6. The van der Waals surface area contributed by atoms with Gasteiger partial charge in [-0.2, -0.15) is 0 Å². The van der Waals surface area contributed by atoms with Gasteiger partial charge in [0.05, 0.1) is 5.69 Å². The van der Waals surface area contributed by atoms with Crippen LogP contribution >= 0.6 is 0 Å². The molecule has 0 radical (unpaired) electrons. The highest BCUT2D eigenvalue weighted by molar-refractivity contribution is 5.90. The molecule has 0 amide bonds. The molecule has 3 N–H and O–H groups in total. The Morgan fingerprint density at radius 2 is 2.24 bits per heavy atom. The van der Waals surface area contributed by atoms with E-state index in [1.54, 1.807) is 0 Å². The lowest BCUT2D eigenvalue weighted by molar-refractivity contribution is 0.925. The Labute approximate surface area is 101 Å². The molecule has 0 aliphatic carbocycles. The quantitative estimate of drug-likeness (QED) is 0.845. The van der Waals surface area contributed by atoms with Crippen LogP contribution in [0.3, 0.4) is 0 Å². The minimum absolute atomic E-state index is 0.711. The van der Waals surface area contributed by atoms with Gasteiger partial charge in [0, 0.05) is 26.8 Å². The molecule has 92 valence electrons. The van der Waals surface area contributed by atoms with Gasteiger partial charge in [0.1, 0.15) is 11.2 Å². The number of nitrogens with two attached hydrogens (primary N) is 1. The molecule has 0 fully saturated rings. The fourth-order valence-electron chi connectivity index (χ4n) is 1.84. The van der Waals surface area contributed by atoms with Gasteiger partial charge in [-0.3, -0.25) is 0 Å². The topological polar surface area (TPSA) is 58.6 Å². The maximum atomic E-state index is 6.15. The molecule has 0 aliphatic heterocycles. The van der Waals surface area contributed by atoms with Crippen LogP contribution in [0.5, 0.6) is 0 Å². The Kier molecular flexibility index (Phi) is 3.08. The van der Waals surface area contributed by atoms with E-state index in [1.807, 2.05) is 41.8 Å². The lowest BCUT2D eigenvalue weighted by atomic mass is 10.3. The first-order valence-electron chi connectivity index (χ1n) is 5.83. The summed E-state index contributed by atoms with van der Waals surface area (Å²) in [4.78, 5) is 2.04. The Hall–Kier alpha value is -1.91. The van der Waals surface area contributed by atoms with E-state index in [-0.39, 0.29) is 0 Å². The third-order valence-corrected chi connectivity index (χ3v) is 2.70. The minimum atomic E-state index is 0.711. The first-order chi connectivity index (χ1) is 8.15. The van der Waals surface area contributed by atoms with Crippen molar-refractivity contribution in [1.82, 2.24) is 9.61 Å². The SMILES string of the molecule is CCCNc1nn2cccc(N(C)C)c2c1N. The van der Waals surface area contributed by atoms with E-state index in [2.05, 4.69) is 17.3 Å². The van der Waals surface area contributed by atoms with Crippen molar-refractivity contribution < 1.29 is 0 Å². The smallest absolute Gasteiger partial charge is 0.172 e. The number of fused-ring (bicyclic) bond motifs is 1. The summed E-state index contributed by atoms with van der Waals surface area (Å²) in [5, 5.41) is 7.69. The monoisotopic (exact) mass is 233 g/mol. The van der Waals surface area contributed by atoms with E-state index >= 15 is 0 Å². The molecule has 0 bridgehead atoms. The van der Waals surface area contributed by atoms with E-state index < -0.39 is 0 Å². The van der Waals surface area contributed by atoms with Gasteiger partial charge in [0.25, 0.3) is 0 Å². The summed E-state index contributed by atoms with van der Waals surface area (Å²) in [6.07, 6.45) is 2.96. The lowest BCUT2D eigenvalue weighted by Gasteiger charge is -2.13. The van der Waals surface area contributed by atoms with Crippen LogP contribution in [0.2, 0.25) is 0 Å². The Morgan fingerprint density at radius 3 is 2.88 bits per heavy atom. The second-order valence-electron chi connectivity index (χ2n) is 4.27. The zero-order valence-electron chi connectivity index (χ0n) is 10.6. The molecule has 0 aliphatic rings. The predicted octanol–water partition coefficient (Wildman–Crippen LogP) is 1.80. The number of nitrogen functional groups attached to an aromatic ring is 1. The van der Waals surface area contributed by atoms with Gasteiger partial charge in [-0.05, 0) is 18.6 Å². The van der Waals surface area contributed by atoms with E-state index in [0.29, 0.717) is 5.69 Å².